The van der Waals surface area contributed by atoms with E-state index in [4.69, 9.17) is 4.52 Å². The molecule has 2 rings (SSSR count). The molecule has 3 nitrogen and oxygen atoms in total. The van der Waals surface area contributed by atoms with E-state index in [1.165, 1.54) is 0 Å². The zero-order chi connectivity index (χ0) is 10.1. The SMILES string of the molecule is CNC(C)c1onc2cc(Br)ccc12. The van der Waals surface area contributed by atoms with Gasteiger partial charge in [-0.3, -0.25) is 0 Å². The molecule has 4 heteroatoms. The van der Waals surface area contributed by atoms with E-state index >= 15 is 0 Å². The number of rotatable bonds is 2. The van der Waals surface area contributed by atoms with E-state index in [2.05, 4.69) is 26.4 Å². The Morgan fingerprint density at radius 1 is 1.50 bits per heavy atom. The Morgan fingerprint density at radius 2 is 2.29 bits per heavy atom. The van der Waals surface area contributed by atoms with Crippen molar-refractivity contribution < 1.29 is 4.52 Å². The summed E-state index contributed by atoms with van der Waals surface area (Å²) in [6.07, 6.45) is 0. The van der Waals surface area contributed by atoms with Crippen LogP contribution in [0.1, 0.15) is 18.7 Å². The minimum absolute atomic E-state index is 0.182. The Hall–Kier alpha value is -0.870. The zero-order valence-corrected chi connectivity index (χ0v) is 9.63. The first-order chi connectivity index (χ1) is 6.72. The molecule has 0 spiro atoms. The van der Waals surface area contributed by atoms with E-state index in [0.717, 1.165) is 21.1 Å². The lowest BCUT2D eigenvalue weighted by molar-refractivity contribution is 0.361. The first-order valence-electron chi connectivity index (χ1n) is 4.44. The van der Waals surface area contributed by atoms with Gasteiger partial charge in [-0.1, -0.05) is 21.1 Å². The third-order valence-corrected chi connectivity index (χ3v) is 2.79. The van der Waals surface area contributed by atoms with Crippen molar-refractivity contribution >= 4 is 26.8 Å². The van der Waals surface area contributed by atoms with Crippen molar-refractivity contribution in [3.63, 3.8) is 0 Å². The van der Waals surface area contributed by atoms with Gasteiger partial charge in [-0.05, 0) is 32.2 Å². The Balaban J connectivity index is 2.58. The average molecular weight is 255 g/mol. The van der Waals surface area contributed by atoms with Crippen LogP contribution in [-0.2, 0) is 0 Å². The minimum Gasteiger partial charge on any atom is -0.358 e. The number of hydrogen-bond donors (Lipinski definition) is 1. The van der Waals surface area contributed by atoms with Crippen LogP contribution in [0.3, 0.4) is 0 Å². The lowest BCUT2D eigenvalue weighted by Crippen LogP contribution is -2.11. The third-order valence-electron chi connectivity index (χ3n) is 2.29. The molecule has 0 amide bonds. The highest BCUT2D eigenvalue weighted by atomic mass is 79.9. The molecule has 1 aromatic carbocycles. The predicted molar refractivity (Wildman–Crippen MR) is 59.2 cm³/mol. The summed E-state index contributed by atoms with van der Waals surface area (Å²) < 4.78 is 6.31. The highest BCUT2D eigenvalue weighted by molar-refractivity contribution is 9.10. The summed E-state index contributed by atoms with van der Waals surface area (Å²) >= 11 is 3.40. The third kappa shape index (κ3) is 1.55. The van der Waals surface area contributed by atoms with E-state index in [-0.39, 0.29) is 6.04 Å². The molecule has 0 fully saturated rings. The molecule has 0 bridgehead atoms. The number of halogens is 1. The standard InChI is InChI=1S/C10H11BrN2O/c1-6(12-2)10-8-4-3-7(11)5-9(8)13-14-10/h3-6,12H,1-2H3. The maximum absolute atomic E-state index is 5.29. The number of benzene rings is 1. The molecule has 0 aliphatic heterocycles. The number of nitrogens with one attached hydrogen (secondary N) is 1. The first-order valence-corrected chi connectivity index (χ1v) is 5.24. The van der Waals surface area contributed by atoms with Gasteiger partial charge in [-0.25, -0.2) is 0 Å². The van der Waals surface area contributed by atoms with E-state index in [1.54, 1.807) is 0 Å². The summed E-state index contributed by atoms with van der Waals surface area (Å²) in [5.74, 6) is 0.884. The molecule has 0 saturated carbocycles. The monoisotopic (exact) mass is 254 g/mol. The lowest BCUT2D eigenvalue weighted by Gasteiger charge is -2.04. The Bertz CT molecular complexity index is 452. The molecule has 1 heterocycles. The Morgan fingerprint density at radius 3 is 3.00 bits per heavy atom. The van der Waals surface area contributed by atoms with Crippen LogP contribution >= 0.6 is 15.9 Å². The van der Waals surface area contributed by atoms with Crippen molar-refractivity contribution in [2.45, 2.75) is 13.0 Å². The molecule has 2 aromatic rings. The fourth-order valence-electron chi connectivity index (χ4n) is 1.38. The van der Waals surface area contributed by atoms with Gasteiger partial charge in [-0.15, -0.1) is 0 Å². The second-order valence-corrected chi connectivity index (χ2v) is 4.13. The number of fused-ring (bicyclic) bond motifs is 1. The van der Waals surface area contributed by atoms with Crippen molar-refractivity contribution in [2.75, 3.05) is 7.05 Å². The molecule has 1 aromatic heterocycles. The van der Waals surface area contributed by atoms with E-state index in [9.17, 15) is 0 Å². The average Bonchev–Trinajstić information content (AvgIpc) is 2.59. The molecule has 0 aliphatic carbocycles. The zero-order valence-electron chi connectivity index (χ0n) is 8.04. The van der Waals surface area contributed by atoms with E-state index in [0.29, 0.717) is 0 Å². The second kappa shape index (κ2) is 3.71. The molecule has 74 valence electrons. The molecule has 14 heavy (non-hydrogen) atoms. The summed E-state index contributed by atoms with van der Waals surface area (Å²) in [5.41, 5.74) is 0.886. The summed E-state index contributed by atoms with van der Waals surface area (Å²) in [4.78, 5) is 0. The maximum atomic E-state index is 5.29. The summed E-state index contributed by atoms with van der Waals surface area (Å²) in [7, 11) is 1.90. The predicted octanol–water partition coefficient (Wildman–Crippen LogP) is 2.87. The smallest absolute Gasteiger partial charge is 0.161 e. The van der Waals surface area contributed by atoms with Crippen LogP contribution in [0, 0.1) is 0 Å². The van der Waals surface area contributed by atoms with Crippen molar-refractivity contribution in [1.82, 2.24) is 10.5 Å². The lowest BCUT2D eigenvalue weighted by atomic mass is 10.1. The summed E-state index contributed by atoms with van der Waals surface area (Å²) in [6, 6.07) is 6.14. The van der Waals surface area contributed by atoms with Crippen LogP contribution < -0.4 is 5.32 Å². The number of hydrogen-bond acceptors (Lipinski definition) is 3. The van der Waals surface area contributed by atoms with Gasteiger partial charge in [0.25, 0.3) is 0 Å². The first kappa shape index (κ1) is 9.68. The van der Waals surface area contributed by atoms with Crippen molar-refractivity contribution in [1.29, 1.82) is 0 Å². The Kier molecular flexibility index (Phi) is 2.56. The van der Waals surface area contributed by atoms with Gasteiger partial charge in [0, 0.05) is 9.86 Å². The van der Waals surface area contributed by atoms with Gasteiger partial charge >= 0.3 is 0 Å². The molecular formula is C10H11BrN2O. The molecule has 1 atom stereocenters. The molecule has 0 radical (unpaired) electrons. The molecular weight excluding hydrogens is 244 g/mol. The van der Waals surface area contributed by atoms with Gasteiger partial charge in [0.2, 0.25) is 0 Å². The molecule has 1 N–H and O–H groups in total. The maximum Gasteiger partial charge on any atom is 0.161 e. The van der Waals surface area contributed by atoms with Crippen LogP contribution in [0.2, 0.25) is 0 Å². The van der Waals surface area contributed by atoms with Crippen LogP contribution in [0.5, 0.6) is 0 Å². The van der Waals surface area contributed by atoms with Crippen molar-refractivity contribution in [3.05, 3.63) is 28.4 Å². The van der Waals surface area contributed by atoms with Gasteiger partial charge < -0.3 is 9.84 Å². The highest BCUT2D eigenvalue weighted by Crippen LogP contribution is 2.26. The second-order valence-electron chi connectivity index (χ2n) is 3.22. The molecule has 0 saturated heterocycles. The number of nitrogens with zero attached hydrogens (tertiary/aromatic N) is 1. The largest absolute Gasteiger partial charge is 0.358 e. The quantitative estimate of drug-likeness (QED) is 0.896. The Labute approximate surface area is 90.6 Å². The summed E-state index contributed by atoms with van der Waals surface area (Å²) in [6.45, 7) is 2.04. The van der Waals surface area contributed by atoms with Gasteiger partial charge in [0.1, 0.15) is 5.52 Å². The van der Waals surface area contributed by atoms with Crippen LogP contribution in [0.4, 0.5) is 0 Å². The van der Waals surface area contributed by atoms with Crippen LogP contribution in [0.25, 0.3) is 10.9 Å². The van der Waals surface area contributed by atoms with Crippen molar-refractivity contribution in [2.24, 2.45) is 0 Å². The normalized spacial score (nSPS) is 13.4. The van der Waals surface area contributed by atoms with E-state index in [1.807, 2.05) is 32.2 Å². The topological polar surface area (TPSA) is 38.1 Å². The molecule has 0 aliphatic rings. The fraction of sp³-hybridized carbons (Fsp3) is 0.300. The highest BCUT2D eigenvalue weighted by Gasteiger charge is 2.13. The van der Waals surface area contributed by atoms with Gasteiger partial charge in [0.15, 0.2) is 5.76 Å². The summed E-state index contributed by atoms with van der Waals surface area (Å²) in [5, 5.41) is 8.20. The minimum atomic E-state index is 0.182. The van der Waals surface area contributed by atoms with Gasteiger partial charge in [0.05, 0.1) is 6.04 Å². The van der Waals surface area contributed by atoms with E-state index < -0.39 is 0 Å². The van der Waals surface area contributed by atoms with Crippen LogP contribution in [-0.4, -0.2) is 12.2 Å². The van der Waals surface area contributed by atoms with Crippen molar-refractivity contribution in [3.8, 4) is 0 Å². The van der Waals surface area contributed by atoms with Gasteiger partial charge in [-0.2, -0.15) is 0 Å². The number of aromatic nitrogens is 1. The van der Waals surface area contributed by atoms with Crippen LogP contribution in [0.15, 0.2) is 27.2 Å². The molecule has 1 unspecified atom stereocenters. The fourth-order valence-corrected chi connectivity index (χ4v) is 1.73.